The molecule has 0 aromatic heterocycles. The highest BCUT2D eigenvalue weighted by molar-refractivity contribution is 5.93. The molecule has 2 aliphatic rings. The molecule has 1 atom stereocenters. The minimum atomic E-state index is -0.855. The largest absolute Gasteiger partial charge is 0.465 e. The topological polar surface area (TPSA) is 98.4 Å². The maximum Gasteiger partial charge on any atom is 0.353 e. The van der Waals surface area contributed by atoms with Gasteiger partial charge in [0.25, 0.3) is 0 Å². The molecule has 0 aromatic carbocycles. The lowest BCUT2D eigenvalue weighted by Gasteiger charge is -2.46. The van der Waals surface area contributed by atoms with Gasteiger partial charge in [-0.05, 0) is 19.3 Å². The smallest absolute Gasteiger partial charge is 0.353 e. The molecule has 2 fully saturated rings. The van der Waals surface area contributed by atoms with Crippen LogP contribution in [0.15, 0.2) is 11.3 Å². The summed E-state index contributed by atoms with van der Waals surface area (Å²) in [6.07, 6.45) is 4.83. The maximum atomic E-state index is 11.6. The summed E-state index contributed by atoms with van der Waals surface area (Å²) in [7, 11) is 1.17. The highest BCUT2D eigenvalue weighted by Crippen LogP contribution is 2.31. The first-order valence-electron chi connectivity index (χ1n) is 7.49. The summed E-state index contributed by atoms with van der Waals surface area (Å²) in [6.45, 7) is 2.51. The molecular weight excluding hydrogens is 284 g/mol. The molecule has 7 nitrogen and oxygen atoms in total. The van der Waals surface area contributed by atoms with Gasteiger partial charge in [0.1, 0.15) is 12.1 Å². The van der Waals surface area contributed by atoms with Gasteiger partial charge in [-0.3, -0.25) is 10.2 Å². The third kappa shape index (κ3) is 3.22. The van der Waals surface area contributed by atoms with Crippen molar-refractivity contribution in [3.05, 3.63) is 11.3 Å². The summed E-state index contributed by atoms with van der Waals surface area (Å²) in [4.78, 5) is 13.8. The van der Waals surface area contributed by atoms with E-state index in [1.807, 2.05) is 6.07 Å². The van der Waals surface area contributed by atoms with Crippen molar-refractivity contribution < 1.29 is 14.3 Å². The normalized spacial score (nSPS) is 26.5. The summed E-state index contributed by atoms with van der Waals surface area (Å²) in [6, 6.07) is 3.54. The number of allylic oxidation sites excluding steroid dienone is 1. The molecule has 2 rings (SSSR count). The predicted molar refractivity (Wildman–Crippen MR) is 76.7 cm³/mol. The van der Waals surface area contributed by atoms with Crippen LogP contribution in [0, 0.1) is 22.7 Å². The molecule has 0 radical (unpaired) electrons. The van der Waals surface area contributed by atoms with Crippen molar-refractivity contribution in [2.75, 3.05) is 26.7 Å². The number of hydrogen-bond donors (Lipinski definition) is 1. The number of esters is 1. The average Bonchev–Trinajstić information content (AvgIpc) is 2.76. The summed E-state index contributed by atoms with van der Waals surface area (Å²) in [5, 5.41) is 21.8. The highest BCUT2D eigenvalue weighted by Gasteiger charge is 2.43. The quantitative estimate of drug-likeness (QED) is 0.359. The predicted octanol–water partition coefficient (Wildman–Crippen LogP) is 1.00. The van der Waals surface area contributed by atoms with Crippen LogP contribution in [0.3, 0.4) is 0 Å². The number of hydrogen-bond acceptors (Lipinski definition) is 7. The minimum Gasteiger partial charge on any atom is -0.465 e. The SMILES string of the molecule is COC(=O)C(C#N)=C(C#N)OC12CCCCCN1CCCN2. The summed E-state index contributed by atoms with van der Waals surface area (Å²) in [5.74, 6) is -1.95. The Balaban J connectivity index is 2.34. The first-order valence-corrected chi connectivity index (χ1v) is 7.49. The molecule has 0 saturated carbocycles. The molecule has 0 aromatic rings. The third-order valence-corrected chi connectivity index (χ3v) is 4.06. The van der Waals surface area contributed by atoms with E-state index in [1.54, 1.807) is 6.07 Å². The molecule has 0 bridgehead atoms. The standard InChI is InChI=1S/C15H20N4O3/c1-21-14(20)12(10-16)13(11-17)22-15-6-3-2-4-8-19(15)9-5-7-18-15/h18H,2-9H2,1H3. The molecule has 0 aliphatic carbocycles. The van der Waals surface area contributed by atoms with E-state index in [0.29, 0.717) is 6.42 Å². The van der Waals surface area contributed by atoms with E-state index in [9.17, 15) is 10.1 Å². The Morgan fingerprint density at radius 2 is 1.95 bits per heavy atom. The van der Waals surface area contributed by atoms with Gasteiger partial charge in [-0.15, -0.1) is 0 Å². The molecule has 2 heterocycles. The lowest BCUT2D eigenvalue weighted by atomic mass is 10.1. The van der Waals surface area contributed by atoms with E-state index in [1.165, 1.54) is 7.11 Å². The van der Waals surface area contributed by atoms with Crippen molar-refractivity contribution in [2.24, 2.45) is 0 Å². The monoisotopic (exact) mass is 304 g/mol. The van der Waals surface area contributed by atoms with Crippen LogP contribution in [0.1, 0.15) is 32.1 Å². The van der Waals surface area contributed by atoms with Crippen LogP contribution in [-0.4, -0.2) is 43.5 Å². The second-order valence-electron chi connectivity index (χ2n) is 5.38. The zero-order valence-corrected chi connectivity index (χ0v) is 12.7. The van der Waals surface area contributed by atoms with Crippen LogP contribution >= 0.6 is 0 Å². The fourth-order valence-electron chi connectivity index (χ4n) is 2.97. The molecule has 7 heteroatoms. The van der Waals surface area contributed by atoms with Crippen LogP contribution in [-0.2, 0) is 14.3 Å². The fourth-order valence-corrected chi connectivity index (χ4v) is 2.97. The number of carbonyl (C=O) groups is 1. The third-order valence-electron chi connectivity index (χ3n) is 4.06. The molecule has 22 heavy (non-hydrogen) atoms. The van der Waals surface area contributed by atoms with Crippen molar-refractivity contribution in [2.45, 2.75) is 38.0 Å². The van der Waals surface area contributed by atoms with Crippen molar-refractivity contribution in [3.8, 4) is 12.1 Å². The van der Waals surface area contributed by atoms with Crippen molar-refractivity contribution in [1.82, 2.24) is 10.2 Å². The van der Waals surface area contributed by atoms with E-state index in [4.69, 9.17) is 10.00 Å². The van der Waals surface area contributed by atoms with E-state index in [2.05, 4.69) is 15.0 Å². The van der Waals surface area contributed by atoms with Crippen LogP contribution in [0.5, 0.6) is 0 Å². The molecule has 1 N–H and O–H groups in total. The van der Waals surface area contributed by atoms with Gasteiger partial charge < -0.3 is 9.47 Å². The van der Waals surface area contributed by atoms with Crippen LogP contribution in [0.4, 0.5) is 0 Å². The molecule has 0 amide bonds. The van der Waals surface area contributed by atoms with Gasteiger partial charge in [0, 0.05) is 26.1 Å². The Kier molecular flexibility index (Phi) is 5.37. The van der Waals surface area contributed by atoms with Crippen LogP contribution < -0.4 is 5.32 Å². The molecule has 118 valence electrons. The Morgan fingerprint density at radius 1 is 1.18 bits per heavy atom. The lowest BCUT2D eigenvalue weighted by molar-refractivity contribution is -0.164. The summed E-state index contributed by atoms with van der Waals surface area (Å²) < 4.78 is 10.4. The molecule has 0 spiro atoms. The van der Waals surface area contributed by atoms with Gasteiger partial charge in [0.2, 0.25) is 11.6 Å². The van der Waals surface area contributed by atoms with Gasteiger partial charge in [-0.25, -0.2) is 4.79 Å². The van der Waals surface area contributed by atoms with E-state index in [0.717, 1.165) is 45.3 Å². The number of fused-ring (bicyclic) bond motifs is 1. The van der Waals surface area contributed by atoms with Gasteiger partial charge in [0.05, 0.1) is 7.11 Å². The van der Waals surface area contributed by atoms with Crippen LogP contribution in [0.2, 0.25) is 0 Å². The van der Waals surface area contributed by atoms with Gasteiger partial charge in [0.15, 0.2) is 5.57 Å². The molecule has 2 saturated heterocycles. The number of methoxy groups -OCH3 is 1. The van der Waals surface area contributed by atoms with E-state index < -0.39 is 17.4 Å². The summed E-state index contributed by atoms with van der Waals surface area (Å²) >= 11 is 0. The number of rotatable bonds is 3. The van der Waals surface area contributed by atoms with Crippen molar-refractivity contribution in [3.63, 3.8) is 0 Å². The van der Waals surface area contributed by atoms with Gasteiger partial charge in [-0.1, -0.05) is 6.42 Å². The lowest BCUT2D eigenvalue weighted by Crippen LogP contribution is -2.64. The van der Waals surface area contributed by atoms with Gasteiger partial charge in [-0.2, -0.15) is 10.5 Å². The van der Waals surface area contributed by atoms with E-state index in [-0.39, 0.29) is 5.76 Å². The summed E-state index contributed by atoms with van der Waals surface area (Å²) in [5.41, 5.74) is -0.393. The Morgan fingerprint density at radius 3 is 2.64 bits per heavy atom. The van der Waals surface area contributed by atoms with Crippen molar-refractivity contribution in [1.29, 1.82) is 10.5 Å². The first-order chi connectivity index (χ1) is 10.7. The fraction of sp³-hybridized carbons (Fsp3) is 0.667. The highest BCUT2D eigenvalue weighted by atomic mass is 16.5. The van der Waals surface area contributed by atoms with Gasteiger partial charge >= 0.3 is 5.97 Å². The zero-order valence-electron chi connectivity index (χ0n) is 12.7. The Hall–Kier alpha value is -2.09. The molecular formula is C15H20N4O3. The maximum absolute atomic E-state index is 11.6. The van der Waals surface area contributed by atoms with Crippen molar-refractivity contribution >= 4 is 5.97 Å². The number of ether oxygens (including phenoxy) is 2. The molecule has 1 unspecified atom stereocenters. The average molecular weight is 304 g/mol. The Bertz CT molecular complexity index is 546. The van der Waals surface area contributed by atoms with E-state index >= 15 is 0 Å². The number of nitrogens with zero attached hydrogens (tertiary/aromatic N) is 3. The second kappa shape index (κ2) is 7.26. The molecule has 2 aliphatic heterocycles. The second-order valence-corrected chi connectivity index (χ2v) is 5.38. The number of nitriles is 2. The Labute approximate surface area is 130 Å². The minimum absolute atomic E-state index is 0.282. The number of carbonyl (C=O) groups excluding carboxylic acids is 1. The van der Waals surface area contributed by atoms with Crippen LogP contribution in [0.25, 0.3) is 0 Å². The first kappa shape index (κ1) is 16.3. The zero-order chi connectivity index (χ0) is 16.0. The number of nitrogens with one attached hydrogen (secondary N) is 1.